The second kappa shape index (κ2) is 4.40. The largest absolute Gasteiger partial charge is 0.344 e. The molecule has 1 heterocycles. The summed E-state index contributed by atoms with van der Waals surface area (Å²) >= 11 is 1.61. The third-order valence-electron chi connectivity index (χ3n) is 2.39. The van der Waals surface area contributed by atoms with Gasteiger partial charge in [-0.2, -0.15) is 0 Å². The molecule has 1 atom stereocenters. The number of rotatable bonds is 5. The predicted molar refractivity (Wildman–Crippen MR) is 60.1 cm³/mol. The lowest BCUT2D eigenvalue weighted by Gasteiger charge is -2.04. The normalized spacial score (nSPS) is 18.0. The first-order valence-corrected chi connectivity index (χ1v) is 6.22. The van der Waals surface area contributed by atoms with Gasteiger partial charge in [0.05, 0.1) is 0 Å². The van der Waals surface area contributed by atoms with Crippen molar-refractivity contribution in [2.24, 2.45) is 5.73 Å². The molecule has 1 aromatic rings. The molecule has 84 valence electrons. The maximum Gasteiger partial charge on any atom is 0.344 e. The van der Waals surface area contributed by atoms with Gasteiger partial charge < -0.3 is 5.73 Å². The highest BCUT2D eigenvalue weighted by Gasteiger charge is 2.28. The summed E-state index contributed by atoms with van der Waals surface area (Å²) in [6, 6.07) is 0.589. The van der Waals surface area contributed by atoms with Crippen LogP contribution in [0, 0.1) is 0 Å². The van der Waals surface area contributed by atoms with E-state index in [2.05, 4.69) is 10.2 Å². The molecule has 0 bridgehead atoms. The van der Waals surface area contributed by atoms with Crippen LogP contribution in [-0.4, -0.2) is 26.6 Å². The number of aromatic amines is 1. The van der Waals surface area contributed by atoms with Crippen LogP contribution in [-0.2, 0) is 0 Å². The molecule has 0 aliphatic heterocycles. The van der Waals surface area contributed by atoms with E-state index < -0.39 is 0 Å². The molecular formula is C9H16N4OS. The molecule has 0 aromatic carbocycles. The molecule has 0 spiro atoms. The minimum Gasteiger partial charge on any atom is -0.328 e. The Morgan fingerprint density at radius 1 is 1.73 bits per heavy atom. The highest BCUT2D eigenvalue weighted by atomic mass is 32.2. The summed E-state index contributed by atoms with van der Waals surface area (Å²) in [5, 5.41) is 7.33. The van der Waals surface area contributed by atoms with Crippen molar-refractivity contribution in [3.63, 3.8) is 0 Å². The molecule has 0 saturated heterocycles. The second-order valence-corrected chi connectivity index (χ2v) is 5.09. The Morgan fingerprint density at radius 3 is 3.07 bits per heavy atom. The molecule has 3 N–H and O–H groups in total. The van der Waals surface area contributed by atoms with Gasteiger partial charge in [0, 0.05) is 17.8 Å². The van der Waals surface area contributed by atoms with Crippen LogP contribution >= 0.6 is 11.8 Å². The van der Waals surface area contributed by atoms with E-state index >= 15 is 0 Å². The highest BCUT2D eigenvalue weighted by Crippen LogP contribution is 2.36. The number of hydrogen-bond acceptors (Lipinski definition) is 4. The van der Waals surface area contributed by atoms with Crippen LogP contribution in [0.3, 0.4) is 0 Å². The summed E-state index contributed by atoms with van der Waals surface area (Å²) in [7, 11) is 0. The SMILES string of the molecule is CC(N)CCSc1n[nH]c(=O)n1C1CC1. The maximum atomic E-state index is 11.4. The second-order valence-electron chi connectivity index (χ2n) is 4.03. The number of thioether (sulfide) groups is 1. The molecule has 1 aliphatic rings. The van der Waals surface area contributed by atoms with E-state index in [9.17, 15) is 4.79 Å². The van der Waals surface area contributed by atoms with Crippen LogP contribution in [0.5, 0.6) is 0 Å². The van der Waals surface area contributed by atoms with E-state index in [0.717, 1.165) is 30.2 Å². The van der Waals surface area contributed by atoms with Crippen LogP contribution in [0.4, 0.5) is 0 Å². The van der Waals surface area contributed by atoms with Gasteiger partial charge in [-0.15, -0.1) is 5.10 Å². The third kappa shape index (κ3) is 2.63. The number of H-pyrrole nitrogens is 1. The smallest absolute Gasteiger partial charge is 0.328 e. The fourth-order valence-electron chi connectivity index (χ4n) is 1.38. The average Bonchev–Trinajstić information content (AvgIpc) is 2.92. The fraction of sp³-hybridized carbons (Fsp3) is 0.778. The summed E-state index contributed by atoms with van der Waals surface area (Å²) < 4.78 is 1.77. The Hall–Kier alpha value is -0.750. The summed E-state index contributed by atoms with van der Waals surface area (Å²) in [6.07, 6.45) is 3.14. The van der Waals surface area contributed by atoms with Gasteiger partial charge >= 0.3 is 5.69 Å². The van der Waals surface area contributed by atoms with E-state index in [1.165, 1.54) is 0 Å². The zero-order valence-corrected chi connectivity index (χ0v) is 9.59. The van der Waals surface area contributed by atoms with E-state index in [1.807, 2.05) is 6.92 Å². The quantitative estimate of drug-likeness (QED) is 0.729. The Balaban J connectivity index is 1.98. The lowest BCUT2D eigenvalue weighted by Crippen LogP contribution is -2.17. The van der Waals surface area contributed by atoms with Crippen molar-refractivity contribution in [1.82, 2.24) is 14.8 Å². The first kappa shape index (κ1) is 10.8. The number of nitrogens with two attached hydrogens (primary N) is 1. The Labute approximate surface area is 92.4 Å². The Bertz CT molecular complexity index is 380. The topological polar surface area (TPSA) is 76.7 Å². The molecule has 1 fully saturated rings. The first-order chi connectivity index (χ1) is 7.18. The molecule has 15 heavy (non-hydrogen) atoms. The van der Waals surface area contributed by atoms with E-state index in [4.69, 9.17) is 5.73 Å². The van der Waals surface area contributed by atoms with Crippen molar-refractivity contribution in [3.05, 3.63) is 10.5 Å². The lowest BCUT2D eigenvalue weighted by atomic mass is 10.3. The number of aromatic nitrogens is 3. The highest BCUT2D eigenvalue weighted by molar-refractivity contribution is 7.99. The van der Waals surface area contributed by atoms with Gasteiger partial charge in [0.1, 0.15) is 0 Å². The monoisotopic (exact) mass is 228 g/mol. The van der Waals surface area contributed by atoms with Crippen LogP contribution in [0.1, 0.15) is 32.2 Å². The molecule has 1 unspecified atom stereocenters. The van der Waals surface area contributed by atoms with Gasteiger partial charge in [-0.05, 0) is 26.2 Å². The van der Waals surface area contributed by atoms with Crippen molar-refractivity contribution in [2.45, 2.75) is 43.4 Å². The summed E-state index contributed by atoms with van der Waals surface area (Å²) in [5.41, 5.74) is 5.58. The fourth-order valence-corrected chi connectivity index (χ4v) is 2.54. The third-order valence-corrected chi connectivity index (χ3v) is 3.37. The maximum absolute atomic E-state index is 11.4. The molecule has 1 saturated carbocycles. The predicted octanol–water partition coefficient (Wildman–Crippen LogP) is 0.736. The number of nitrogens with one attached hydrogen (secondary N) is 1. The molecule has 1 aromatic heterocycles. The molecule has 6 heteroatoms. The van der Waals surface area contributed by atoms with E-state index in [0.29, 0.717) is 6.04 Å². The van der Waals surface area contributed by atoms with Crippen molar-refractivity contribution < 1.29 is 0 Å². The van der Waals surface area contributed by atoms with E-state index in [1.54, 1.807) is 16.3 Å². The van der Waals surface area contributed by atoms with Crippen LogP contribution in [0.2, 0.25) is 0 Å². The Morgan fingerprint density at radius 2 is 2.47 bits per heavy atom. The lowest BCUT2D eigenvalue weighted by molar-refractivity contribution is 0.641. The zero-order valence-electron chi connectivity index (χ0n) is 8.77. The number of hydrogen-bond donors (Lipinski definition) is 2. The number of nitrogens with zero attached hydrogens (tertiary/aromatic N) is 2. The first-order valence-electron chi connectivity index (χ1n) is 5.23. The summed E-state index contributed by atoms with van der Waals surface area (Å²) in [5.74, 6) is 0.911. The molecule has 1 aliphatic carbocycles. The van der Waals surface area contributed by atoms with Gasteiger partial charge in [-0.25, -0.2) is 9.89 Å². The van der Waals surface area contributed by atoms with Crippen molar-refractivity contribution in [2.75, 3.05) is 5.75 Å². The molecule has 0 radical (unpaired) electrons. The summed E-state index contributed by atoms with van der Waals surface area (Å²) in [6.45, 7) is 1.99. The van der Waals surface area contributed by atoms with Gasteiger partial charge in [-0.1, -0.05) is 11.8 Å². The van der Waals surface area contributed by atoms with Crippen LogP contribution < -0.4 is 11.4 Å². The van der Waals surface area contributed by atoms with Gasteiger partial charge in [0.15, 0.2) is 5.16 Å². The minimum absolute atomic E-state index is 0.0826. The molecular weight excluding hydrogens is 212 g/mol. The zero-order chi connectivity index (χ0) is 10.8. The standard InChI is InChI=1S/C9H16N4OS/c1-6(10)4-5-15-9-12-11-8(14)13(9)7-2-3-7/h6-7H,2-5,10H2,1H3,(H,11,14). The minimum atomic E-state index is -0.0826. The summed E-state index contributed by atoms with van der Waals surface area (Å²) in [4.78, 5) is 11.4. The molecule has 2 rings (SSSR count). The van der Waals surface area contributed by atoms with Crippen LogP contribution in [0.25, 0.3) is 0 Å². The average molecular weight is 228 g/mol. The van der Waals surface area contributed by atoms with Gasteiger partial charge in [0.25, 0.3) is 0 Å². The molecule has 5 nitrogen and oxygen atoms in total. The van der Waals surface area contributed by atoms with E-state index in [-0.39, 0.29) is 11.7 Å². The van der Waals surface area contributed by atoms with Crippen LogP contribution in [0.15, 0.2) is 9.95 Å². The Kier molecular flexibility index (Phi) is 3.16. The van der Waals surface area contributed by atoms with Crippen molar-refractivity contribution in [1.29, 1.82) is 0 Å². The molecule has 0 amide bonds. The van der Waals surface area contributed by atoms with Crippen molar-refractivity contribution in [3.8, 4) is 0 Å². The van der Waals surface area contributed by atoms with Gasteiger partial charge in [0.2, 0.25) is 0 Å². The van der Waals surface area contributed by atoms with Gasteiger partial charge in [-0.3, -0.25) is 4.57 Å². The van der Waals surface area contributed by atoms with Crippen molar-refractivity contribution >= 4 is 11.8 Å².